The molecule has 0 bridgehead atoms. The first-order valence-corrected chi connectivity index (χ1v) is 4.80. The molecule has 1 aliphatic heterocycles. The molecule has 0 N–H and O–H groups in total. The van der Waals surface area contributed by atoms with Gasteiger partial charge < -0.3 is 4.74 Å². The largest absolute Gasteiger partial charge is 0.416 e. The molecule has 1 aliphatic rings. The van der Waals surface area contributed by atoms with Crippen LogP contribution in [0, 0.1) is 12.3 Å². The minimum absolute atomic E-state index is 0.364. The van der Waals surface area contributed by atoms with Crippen molar-refractivity contribution in [2.24, 2.45) is 0 Å². The van der Waals surface area contributed by atoms with E-state index in [1.807, 2.05) is 0 Å². The highest BCUT2D eigenvalue weighted by Gasteiger charge is 2.32. The quantitative estimate of drug-likeness (QED) is 0.618. The average molecular weight is 226 g/mol. The third-order valence-corrected chi connectivity index (χ3v) is 2.56. The van der Waals surface area contributed by atoms with Crippen LogP contribution in [0.2, 0.25) is 0 Å². The molecule has 2 rings (SSSR count). The van der Waals surface area contributed by atoms with E-state index in [2.05, 4.69) is 5.92 Å². The highest BCUT2D eigenvalue weighted by atomic mass is 19.4. The normalized spacial score (nSPS) is 20.0. The number of halogens is 3. The summed E-state index contributed by atoms with van der Waals surface area (Å²) in [7, 11) is 0. The maximum absolute atomic E-state index is 12.5. The van der Waals surface area contributed by atoms with Crippen LogP contribution in [0.5, 0.6) is 0 Å². The van der Waals surface area contributed by atoms with Gasteiger partial charge in [0.25, 0.3) is 0 Å². The molecule has 4 heteroatoms. The minimum atomic E-state index is -4.31. The summed E-state index contributed by atoms with van der Waals surface area (Å²) in [5.41, 5.74) is 0.662. The van der Waals surface area contributed by atoms with E-state index in [0.29, 0.717) is 24.2 Å². The third-order valence-electron chi connectivity index (χ3n) is 2.56. The van der Waals surface area contributed by atoms with Crippen molar-refractivity contribution in [3.05, 3.63) is 34.9 Å². The first kappa shape index (κ1) is 11.0. The smallest absolute Gasteiger partial charge is 0.360 e. The summed E-state index contributed by atoms with van der Waals surface area (Å²) in [6, 6.07) is 3.60. The van der Waals surface area contributed by atoms with Gasteiger partial charge >= 0.3 is 6.18 Å². The van der Waals surface area contributed by atoms with E-state index in [-0.39, 0.29) is 0 Å². The topological polar surface area (TPSA) is 9.23 Å². The van der Waals surface area contributed by atoms with E-state index in [4.69, 9.17) is 11.2 Å². The van der Waals surface area contributed by atoms with E-state index in [1.54, 1.807) is 0 Å². The molecule has 1 heterocycles. The fourth-order valence-corrected chi connectivity index (χ4v) is 1.77. The van der Waals surface area contributed by atoms with Crippen molar-refractivity contribution < 1.29 is 17.9 Å². The number of alkyl halides is 3. The Morgan fingerprint density at radius 1 is 1.38 bits per heavy atom. The van der Waals surface area contributed by atoms with E-state index >= 15 is 0 Å². The van der Waals surface area contributed by atoms with Gasteiger partial charge in [0.1, 0.15) is 6.10 Å². The number of hydrogen-bond acceptors (Lipinski definition) is 1. The number of rotatable bonds is 0. The van der Waals surface area contributed by atoms with Gasteiger partial charge in [0.2, 0.25) is 0 Å². The van der Waals surface area contributed by atoms with Crippen molar-refractivity contribution in [1.29, 1.82) is 0 Å². The maximum Gasteiger partial charge on any atom is 0.416 e. The fourth-order valence-electron chi connectivity index (χ4n) is 1.77. The van der Waals surface area contributed by atoms with Crippen LogP contribution in [-0.2, 0) is 17.3 Å². The average Bonchev–Trinajstić information content (AvgIpc) is 2.26. The third kappa shape index (κ3) is 1.91. The molecule has 0 fully saturated rings. The molecule has 84 valence electrons. The van der Waals surface area contributed by atoms with Crippen LogP contribution in [0.25, 0.3) is 0 Å². The molecule has 1 nitrogen and oxygen atoms in total. The van der Waals surface area contributed by atoms with Gasteiger partial charge in [0, 0.05) is 0 Å². The molecule has 16 heavy (non-hydrogen) atoms. The van der Waals surface area contributed by atoms with E-state index in [0.717, 1.165) is 12.1 Å². The van der Waals surface area contributed by atoms with Crippen LogP contribution in [0.1, 0.15) is 22.8 Å². The molecule has 0 aromatic heterocycles. The molecule has 1 aromatic rings. The van der Waals surface area contributed by atoms with Crippen molar-refractivity contribution in [3.63, 3.8) is 0 Å². The first-order chi connectivity index (χ1) is 7.52. The Balaban J connectivity index is 2.44. The zero-order valence-corrected chi connectivity index (χ0v) is 8.34. The van der Waals surface area contributed by atoms with Gasteiger partial charge in [-0.1, -0.05) is 12.0 Å². The lowest BCUT2D eigenvalue weighted by atomic mass is 9.95. The molecule has 1 aromatic carbocycles. The van der Waals surface area contributed by atoms with Gasteiger partial charge in [-0.2, -0.15) is 13.2 Å². The summed E-state index contributed by atoms with van der Waals surface area (Å²) >= 11 is 0. The van der Waals surface area contributed by atoms with Gasteiger partial charge in [-0.25, -0.2) is 0 Å². The van der Waals surface area contributed by atoms with Crippen LogP contribution >= 0.6 is 0 Å². The standard InChI is InChI=1S/C12H9F3O/c1-2-11-10-4-3-9(12(13,14)15)7-8(10)5-6-16-11/h1,3-4,7,11H,5-6H2/t11-/m1/s1. The second-order valence-electron chi connectivity index (χ2n) is 3.58. The maximum atomic E-state index is 12.5. The summed E-state index contributed by atoms with van der Waals surface area (Å²) in [4.78, 5) is 0. The molecule has 0 spiro atoms. The van der Waals surface area contributed by atoms with Crippen LogP contribution in [0.4, 0.5) is 13.2 Å². The fraction of sp³-hybridized carbons (Fsp3) is 0.333. The summed E-state index contributed by atoms with van der Waals surface area (Å²) in [6.45, 7) is 0.364. The molecule has 1 atom stereocenters. The SMILES string of the molecule is C#C[C@H]1OCCc2cc(C(F)(F)F)ccc21. The number of benzene rings is 1. The second-order valence-corrected chi connectivity index (χ2v) is 3.58. The molecule has 0 unspecified atom stereocenters. The van der Waals surface area contributed by atoms with Crippen molar-refractivity contribution in [2.75, 3.05) is 6.61 Å². The zero-order valence-electron chi connectivity index (χ0n) is 8.34. The summed E-state index contributed by atoms with van der Waals surface area (Å²) in [6.07, 6.45) is 0.886. The van der Waals surface area contributed by atoms with E-state index in [9.17, 15) is 13.2 Å². The highest BCUT2D eigenvalue weighted by molar-refractivity contribution is 5.38. The molecule has 0 saturated heterocycles. The molecular weight excluding hydrogens is 217 g/mol. The Bertz CT molecular complexity index is 443. The lowest BCUT2D eigenvalue weighted by Crippen LogP contribution is -2.16. The molecule has 0 amide bonds. The number of hydrogen-bond donors (Lipinski definition) is 0. The Morgan fingerprint density at radius 3 is 2.75 bits per heavy atom. The Labute approximate surface area is 91.2 Å². The monoisotopic (exact) mass is 226 g/mol. The second kappa shape index (κ2) is 3.84. The van der Waals surface area contributed by atoms with Crippen molar-refractivity contribution in [1.82, 2.24) is 0 Å². The van der Waals surface area contributed by atoms with Gasteiger partial charge in [0.15, 0.2) is 0 Å². The Kier molecular flexibility index (Phi) is 2.64. The van der Waals surface area contributed by atoms with Crippen molar-refractivity contribution >= 4 is 0 Å². The van der Waals surface area contributed by atoms with Gasteiger partial charge in [-0.05, 0) is 29.7 Å². The summed E-state index contributed by atoms with van der Waals surface area (Å²) in [5.74, 6) is 2.41. The first-order valence-electron chi connectivity index (χ1n) is 4.80. The molecule has 0 saturated carbocycles. The molecule has 0 aliphatic carbocycles. The Morgan fingerprint density at radius 2 is 2.12 bits per heavy atom. The lowest BCUT2D eigenvalue weighted by molar-refractivity contribution is -0.137. The predicted octanol–water partition coefficient (Wildman–Crippen LogP) is 2.95. The summed E-state index contributed by atoms with van der Waals surface area (Å²) < 4.78 is 42.7. The number of fused-ring (bicyclic) bond motifs is 1. The van der Waals surface area contributed by atoms with Gasteiger partial charge in [0.05, 0.1) is 12.2 Å². The summed E-state index contributed by atoms with van der Waals surface area (Å²) in [5, 5.41) is 0. The zero-order chi connectivity index (χ0) is 11.8. The van der Waals surface area contributed by atoms with E-state index in [1.165, 1.54) is 6.07 Å². The minimum Gasteiger partial charge on any atom is -0.360 e. The van der Waals surface area contributed by atoms with Gasteiger partial charge in [-0.3, -0.25) is 0 Å². The van der Waals surface area contributed by atoms with Crippen LogP contribution in [0.15, 0.2) is 18.2 Å². The van der Waals surface area contributed by atoms with Crippen LogP contribution < -0.4 is 0 Å². The molecular formula is C12H9F3O. The predicted molar refractivity (Wildman–Crippen MR) is 52.7 cm³/mol. The van der Waals surface area contributed by atoms with Gasteiger partial charge in [-0.15, -0.1) is 6.42 Å². The molecule has 0 radical (unpaired) electrons. The van der Waals surface area contributed by atoms with Crippen molar-refractivity contribution in [2.45, 2.75) is 18.7 Å². The lowest BCUT2D eigenvalue weighted by Gasteiger charge is -2.23. The van der Waals surface area contributed by atoms with Crippen LogP contribution in [-0.4, -0.2) is 6.61 Å². The highest BCUT2D eigenvalue weighted by Crippen LogP contribution is 2.34. The van der Waals surface area contributed by atoms with E-state index < -0.39 is 17.8 Å². The van der Waals surface area contributed by atoms with Crippen LogP contribution in [0.3, 0.4) is 0 Å². The van der Waals surface area contributed by atoms with Crippen molar-refractivity contribution in [3.8, 4) is 12.3 Å². The number of terminal acetylenes is 1. The Hall–Kier alpha value is -1.47. The number of ether oxygens (including phenoxy) is 1.